The fourth-order valence-corrected chi connectivity index (χ4v) is 3.74. The number of amides is 1. The third-order valence-electron chi connectivity index (χ3n) is 4.84. The molecule has 1 saturated heterocycles. The molecule has 3 rings (SSSR count). The van der Waals surface area contributed by atoms with Crippen LogP contribution in [0.25, 0.3) is 11.0 Å². The summed E-state index contributed by atoms with van der Waals surface area (Å²) >= 11 is 0. The van der Waals surface area contributed by atoms with E-state index in [4.69, 9.17) is 9.90 Å². The highest BCUT2D eigenvalue weighted by Gasteiger charge is 2.35. The van der Waals surface area contributed by atoms with E-state index in [1.807, 2.05) is 0 Å². The van der Waals surface area contributed by atoms with Gasteiger partial charge in [0.05, 0.1) is 11.3 Å². The van der Waals surface area contributed by atoms with Gasteiger partial charge in [0.2, 0.25) is 5.91 Å². The van der Waals surface area contributed by atoms with Crippen molar-refractivity contribution < 1.29 is 27.9 Å². The van der Waals surface area contributed by atoms with Crippen LogP contribution in [-0.2, 0) is 15.8 Å². The maximum atomic E-state index is 13.3. The predicted octanol–water partition coefficient (Wildman–Crippen LogP) is 2.29. The van der Waals surface area contributed by atoms with Crippen LogP contribution in [0.2, 0.25) is 0 Å². The van der Waals surface area contributed by atoms with Gasteiger partial charge >= 0.3 is 6.18 Å². The van der Waals surface area contributed by atoms with Crippen LogP contribution in [0.15, 0.2) is 24.5 Å². The van der Waals surface area contributed by atoms with Crippen molar-refractivity contribution in [2.24, 2.45) is 5.92 Å². The second-order valence-electron chi connectivity index (χ2n) is 7.37. The molecule has 2 atom stereocenters. The van der Waals surface area contributed by atoms with Crippen LogP contribution in [0.1, 0.15) is 25.8 Å². The van der Waals surface area contributed by atoms with Gasteiger partial charge in [-0.3, -0.25) is 19.6 Å². The molecule has 1 amide bonds. The highest BCUT2D eigenvalue weighted by Crippen LogP contribution is 2.37. The Kier molecular flexibility index (Phi) is 8.55. The molecule has 1 aliphatic heterocycles. The molecule has 170 valence electrons. The maximum Gasteiger partial charge on any atom is 0.418 e. The number of carbonyl (C=O) groups excluding carboxylic acids is 1. The van der Waals surface area contributed by atoms with E-state index in [1.165, 1.54) is 25.4 Å². The molecular weight excluding hydrogens is 415 g/mol. The van der Waals surface area contributed by atoms with Crippen molar-refractivity contribution in [2.75, 3.05) is 31.1 Å². The molecular formula is C20H26F3N5O3. The van der Waals surface area contributed by atoms with E-state index < -0.39 is 11.7 Å². The molecule has 0 bridgehead atoms. The highest BCUT2D eigenvalue weighted by atomic mass is 19.4. The number of carboxylic acid groups (broad SMARTS) is 1. The van der Waals surface area contributed by atoms with Gasteiger partial charge in [-0.2, -0.15) is 13.2 Å². The number of nitrogens with zero attached hydrogens (tertiary/aromatic N) is 3. The van der Waals surface area contributed by atoms with Crippen LogP contribution in [-0.4, -0.2) is 59.7 Å². The Morgan fingerprint density at radius 3 is 2.48 bits per heavy atom. The Morgan fingerprint density at radius 1 is 1.23 bits per heavy atom. The standard InChI is InChI=1S/C19H24F3N5O.CH2O2/c1-12-9-14(24-6-5-23-13(2)28)11-27(10-12)16-4-3-15(19(20,21)22)17-18(16)26-8-7-25-17;2-1-3/h3-4,7-8,12,14,24H,5-6,9-11H2,1-2H3,(H,23,28);1H,(H,2,3)/t12-,14+;/m0./s1. The van der Waals surface area contributed by atoms with Gasteiger partial charge < -0.3 is 20.6 Å². The SMILES string of the molecule is CC(=O)NCCN[C@@H]1C[C@H](C)CN(c2ccc(C(F)(F)F)c3nccnc23)C1.O=CO. The van der Waals surface area contributed by atoms with Gasteiger partial charge in [-0.15, -0.1) is 0 Å². The molecule has 1 aromatic carbocycles. The summed E-state index contributed by atoms with van der Waals surface area (Å²) in [5, 5.41) is 13.1. The van der Waals surface area contributed by atoms with Crippen LogP contribution >= 0.6 is 0 Å². The molecule has 0 spiro atoms. The Hall–Kier alpha value is -2.95. The van der Waals surface area contributed by atoms with Crippen LogP contribution in [0.4, 0.5) is 18.9 Å². The Labute approximate surface area is 177 Å². The zero-order valence-corrected chi connectivity index (χ0v) is 17.3. The summed E-state index contributed by atoms with van der Waals surface area (Å²) in [6.45, 7) is 5.91. The Bertz CT molecular complexity index is 894. The second-order valence-corrected chi connectivity index (χ2v) is 7.37. The molecule has 2 aromatic rings. The minimum absolute atomic E-state index is 0.0739. The number of halogens is 3. The largest absolute Gasteiger partial charge is 0.483 e. The smallest absolute Gasteiger partial charge is 0.418 e. The van der Waals surface area contributed by atoms with E-state index in [0.717, 1.165) is 19.0 Å². The lowest BCUT2D eigenvalue weighted by Gasteiger charge is -2.38. The van der Waals surface area contributed by atoms with Gasteiger partial charge in [0, 0.05) is 51.5 Å². The zero-order valence-electron chi connectivity index (χ0n) is 17.3. The van der Waals surface area contributed by atoms with Crippen molar-refractivity contribution in [3.05, 3.63) is 30.1 Å². The molecule has 3 N–H and O–H groups in total. The minimum atomic E-state index is -4.48. The van der Waals surface area contributed by atoms with E-state index in [1.54, 1.807) is 0 Å². The summed E-state index contributed by atoms with van der Waals surface area (Å²) < 4.78 is 40.0. The molecule has 0 aliphatic carbocycles. The number of anilines is 1. The van der Waals surface area contributed by atoms with E-state index in [2.05, 4.69) is 32.4 Å². The Balaban J connectivity index is 0.00000107. The molecule has 8 nitrogen and oxygen atoms in total. The summed E-state index contributed by atoms with van der Waals surface area (Å²) in [4.78, 5) is 29.6. The van der Waals surface area contributed by atoms with Gasteiger partial charge in [-0.05, 0) is 24.5 Å². The van der Waals surface area contributed by atoms with Gasteiger partial charge in [0.1, 0.15) is 11.0 Å². The average molecular weight is 441 g/mol. The van der Waals surface area contributed by atoms with E-state index in [0.29, 0.717) is 31.2 Å². The first-order chi connectivity index (χ1) is 14.7. The van der Waals surface area contributed by atoms with Crippen molar-refractivity contribution >= 4 is 29.1 Å². The summed E-state index contributed by atoms with van der Waals surface area (Å²) in [5.41, 5.74) is 0.0371. The fraction of sp³-hybridized carbons (Fsp3) is 0.500. The van der Waals surface area contributed by atoms with Crippen molar-refractivity contribution in [1.29, 1.82) is 0 Å². The maximum absolute atomic E-state index is 13.3. The summed E-state index contributed by atoms with van der Waals surface area (Å²) in [5.74, 6) is 0.288. The summed E-state index contributed by atoms with van der Waals surface area (Å²) in [7, 11) is 0. The topological polar surface area (TPSA) is 107 Å². The third kappa shape index (κ3) is 6.78. The second kappa shape index (κ2) is 10.9. The highest BCUT2D eigenvalue weighted by molar-refractivity contribution is 5.90. The number of benzene rings is 1. The monoisotopic (exact) mass is 441 g/mol. The van der Waals surface area contributed by atoms with Crippen LogP contribution in [0.3, 0.4) is 0 Å². The number of nitrogens with one attached hydrogen (secondary N) is 2. The molecule has 1 aliphatic rings. The predicted molar refractivity (Wildman–Crippen MR) is 110 cm³/mol. The number of alkyl halides is 3. The minimum Gasteiger partial charge on any atom is -0.483 e. The summed E-state index contributed by atoms with van der Waals surface area (Å²) in [6.07, 6.45) is -0.814. The van der Waals surface area contributed by atoms with E-state index in [-0.39, 0.29) is 29.5 Å². The Morgan fingerprint density at radius 2 is 1.87 bits per heavy atom. The van der Waals surface area contributed by atoms with Gasteiger partial charge in [0.25, 0.3) is 6.47 Å². The van der Waals surface area contributed by atoms with E-state index >= 15 is 0 Å². The molecule has 0 radical (unpaired) electrons. The first kappa shape index (κ1) is 24.3. The number of hydrogen-bond acceptors (Lipinski definition) is 6. The summed E-state index contributed by atoms with van der Waals surface area (Å²) in [6, 6.07) is 2.75. The lowest BCUT2D eigenvalue weighted by atomic mass is 9.95. The normalized spacial score (nSPS) is 18.8. The number of hydrogen-bond donors (Lipinski definition) is 3. The van der Waals surface area contributed by atoms with E-state index in [9.17, 15) is 18.0 Å². The van der Waals surface area contributed by atoms with Crippen LogP contribution in [0, 0.1) is 5.92 Å². The quantitative estimate of drug-likeness (QED) is 0.483. The zero-order chi connectivity index (χ0) is 23.0. The number of aromatic nitrogens is 2. The molecule has 1 fully saturated rings. The third-order valence-corrected chi connectivity index (χ3v) is 4.84. The van der Waals surface area contributed by atoms with Crippen LogP contribution in [0.5, 0.6) is 0 Å². The van der Waals surface area contributed by atoms with Crippen molar-refractivity contribution in [2.45, 2.75) is 32.5 Å². The molecule has 2 heterocycles. The first-order valence-corrected chi connectivity index (χ1v) is 9.78. The molecule has 0 unspecified atom stereocenters. The van der Waals surface area contributed by atoms with Gasteiger partial charge in [-0.25, -0.2) is 0 Å². The molecule has 31 heavy (non-hydrogen) atoms. The number of rotatable bonds is 5. The molecule has 1 aromatic heterocycles. The lowest BCUT2D eigenvalue weighted by molar-refractivity contribution is -0.136. The lowest BCUT2D eigenvalue weighted by Crippen LogP contribution is -2.50. The number of piperidine rings is 1. The van der Waals surface area contributed by atoms with Crippen molar-refractivity contribution in [3.63, 3.8) is 0 Å². The number of fused-ring (bicyclic) bond motifs is 1. The van der Waals surface area contributed by atoms with Gasteiger partial charge in [0.15, 0.2) is 0 Å². The van der Waals surface area contributed by atoms with Crippen molar-refractivity contribution in [1.82, 2.24) is 20.6 Å². The van der Waals surface area contributed by atoms with Crippen molar-refractivity contribution in [3.8, 4) is 0 Å². The first-order valence-electron chi connectivity index (χ1n) is 9.78. The van der Waals surface area contributed by atoms with Crippen LogP contribution < -0.4 is 15.5 Å². The molecule has 11 heteroatoms. The fourth-order valence-electron chi connectivity index (χ4n) is 3.74. The molecule has 0 saturated carbocycles. The van der Waals surface area contributed by atoms with Gasteiger partial charge in [-0.1, -0.05) is 6.92 Å². The number of carbonyl (C=O) groups is 2. The average Bonchev–Trinajstić information content (AvgIpc) is 2.69.